The topological polar surface area (TPSA) is 29.3 Å². The first kappa shape index (κ1) is 11.0. The lowest BCUT2D eigenvalue weighted by molar-refractivity contribution is 0.503. The van der Waals surface area contributed by atoms with Gasteiger partial charge in [-0.3, -0.25) is 0 Å². The summed E-state index contributed by atoms with van der Waals surface area (Å²) in [5.41, 5.74) is 1.05. The Morgan fingerprint density at radius 1 is 1.44 bits per heavy atom. The second-order valence-corrected chi connectivity index (χ2v) is 3.82. The molecule has 0 amide bonds. The number of aromatic nitrogens is 1. The number of rotatable bonds is 4. The van der Waals surface area contributed by atoms with Crippen molar-refractivity contribution in [2.45, 2.75) is 13.5 Å². The standard InChI is InChI=1S/C12H13ClN2O/c1-2-15(9-11-4-3-7-16-11)10-5-6-14-12(13)8-10/h3-8H,2,9H2,1H3. The minimum atomic E-state index is 0.510. The molecule has 0 fully saturated rings. The Hall–Kier alpha value is -1.48. The number of hydrogen-bond donors (Lipinski definition) is 0. The van der Waals surface area contributed by atoms with Gasteiger partial charge in [0.2, 0.25) is 0 Å². The van der Waals surface area contributed by atoms with Crippen LogP contribution in [0.2, 0.25) is 5.15 Å². The van der Waals surface area contributed by atoms with Crippen LogP contribution in [0.5, 0.6) is 0 Å². The lowest BCUT2D eigenvalue weighted by atomic mass is 10.3. The molecule has 3 nitrogen and oxygen atoms in total. The smallest absolute Gasteiger partial charge is 0.131 e. The molecular weight excluding hydrogens is 224 g/mol. The molecule has 0 aliphatic carbocycles. The maximum absolute atomic E-state index is 5.87. The molecule has 84 valence electrons. The SMILES string of the molecule is CCN(Cc1ccco1)c1ccnc(Cl)c1. The maximum Gasteiger partial charge on any atom is 0.131 e. The van der Waals surface area contributed by atoms with Crippen molar-refractivity contribution in [3.05, 3.63) is 47.6 Å². The Morgan fingerprint density at radius 2 is 2.31 bits per heavy atom. The highest BCUT2D eigenvalue weighted by molar-refractivity contribution is 6.29. The normalized spacial score (nSPS) is 10.4. The summed E-state index contributed by atoms with van der Waals surface area (Å²) in [7, 11) is 0. The summed E-state index contributed by atoms with van der Waals surface area (Å²) in [4.78, 5) is 6.14. The Labute approximate surface area is 99.7 Å². The van der Waals surface area contributed by atoms with Crippen LogP contribution in [-0.4, -0.2) is 11.5 Å². The van der Waals surface area contributed by atoms with Crippen LogP contribution >= 0.6 is 11.6 Å². The first-order valence-electron chi connectivity index (χ1n) is 5.18. The molecule has 0 spiro atoms. The third kappa shape index (κ3) is 2.55. The number of anilines is 1. The van der Waals surface area contributed by atoms with Crippen LogP contribution in [-0.2, 0) is 6.54 Å². The van der Waals surface area contributed by atoms with E-state index >= 15 is 0 Å². The van der Waals surface area contributed by atoms with E-state index in [1.54, 1.807) is 12.5 Å². The summed E-state index contributed by atoms with van der Waals surface area (Å²) in [5.74, 6) is 0.940. The second kappa shape index (κ2) is 5.03. The van der Waals surface area contributed by atoms with Gasteiger partial charge >= 0.3 is 0 Å². The van der Waals surface area contributed by atoms with Crippen LogP contribution < -0.4 is 4.90 Å². The predicted octanol–water partition coefficient (Wildman–Crippen LogP) is 3.35. The van der Waals surface area contributed by atoms with E-state index in [0.29, 0.717) is 5.15 Å². The highest BCUT2D eigenvalue weighted by Gasteiger charge is 2.07. The zero-order valence-corrected chi connectivity index (χ0v) is 9.81. The molecule has 0 atom stereocenters. The summed E-state index contributed by atoms with van der Waals surface area (Å²) in [5, 5.41) is 0.510. The molecule has 0 saturated heterocycles. The van der Waals surface area contributed by atoms with Crippen molar-refractivity contribution in [1.82, 2.24) is 4.98 Å². The Morgan fingerprint density at radius 3 is 2.94 bits per heavy atom. The minimum absolute atomic E-state index is 0.510. The van der Waals surface area contributed by atoms with E-state index in [2.05, 4.69) is 16.8 Å². The van der Waals surface area contributed by atoms with Crippen LogP contribution in [0.4, 0.5) is 5.69 Å². The number of hydrogen-bond acceptors (Lipinski definition) is 3. The second-order valence-electron chi connectivity index (χ2n) is 3.43. The van der Waals surface area contributed by atoms with Gasteiger partial charge < -0.3 is 9.32 Å². The first-order valence-corrected chi connectivity index (χ1v) is 5.56. The van der Waals surface area contributed by atoms with Crippen molar-refractivity contribution in [2.24, 2.45) is 0 Å². The monoisotopic (exact) mass is 236 g/mol. The van der Waals surface area contributed by atoms with Crippen LogP contribution in [0.25, 0.3) is 0 Å². The fourth-order valence-electron chi connectivity index (χ4n) is 1.57. The number of nitrogens with zero attached hydrogens (tertiary/aromatic N) is 2. The molecule has 2 aromatic rings. The highest BCUT2D eigenvalue weighted by Crippen LogP contribution is 2.19. The Kier molecular flexibility index (Phi) is 3.47. The van der Waals surface area contributed by atoms with Gasteiger partial charge in [-0.05, 0) is 31.2 Å². The molecule has 2 heterocycles. The van der Waals surface area contributed by atoms with E-state index in [1.807, 2.05) is 24.3 Å². The average molecular weight is 237 g/mol. The summed E-state index contributed by atoms with van der Waals surface area (Å²) >= 11 is 5.87. The molecule has 0 saturated carbocycles. The Balaban J connectivity index is 2.16. The molecule has 0 N–H and O–H groups in total. The molecule has 4 heteroatoms. The van der Waals surface area contributed by atoms with Crippen molar-refractivity contribution in [2.75, 3.05) is 11.4 Å². The third-order valence-electron chi connectivity index (χ3n) is 2.38. The lowest BCUT2D eigenvalue weighted by Crippen LogP contribution is -2.21. The van der Waals surface area contributed by atoms with Crippen molar-refractivity contribution >= 4 is 17.3 Å². The average Bonchev–Trinajstić information content (AvgIpc) is 2.78. The molecule has 0 bridgehead atoms. The fraction of sp³-hybridized carbons (Fsp3) is 0.250. The number of pyridine rings is 1. The Bertz CT molecular complexity index is 442. The molecule has 2 aromatic heterocycles. The lowest BCUT2D eigenvalue weighted by Gasteiger charge is -2.21. The number of halogens is 1. The summed E-state index contributed by atoms with van der Waals surface area (Å²) in [6.45, 7) is 3.72. The van der Waals surface area contributed by atoms with Crippen molar-refractivity contribution in [3.63, 3.8) is 0 Å². The molecule has 0 radical (unpaired) electrons. The van der Waals surface area contributed by atoms with Gasteiger partial charge in [0.1, 0.15) is 10.9 Å². The molecule has 0 unspecified atom stereocenters. The van der Waals surface area contributed by atoms with E-state index in [1.165, 1.54) is 0 Å². The zero-order chi connectivity index (χ0) is 11.4. The summed E-state index contributed by atoms with van der Waals surface area (Å²) in [6.07, 6.45) is 3.39. The maximum atomic E-state index is 5.87. The molecule has 2 rings (SSSR count). The van der Waals surface area contributed by atoms with Gasteiger partial charge in [-0.1, -0.05) is 11.6 Å². The predicted molar refractivity (Wildman–Crippen MR) is 64.7 cm³/mol. The van der Waals surface area contributed by atoms with Crippen LogP contribution in [0.3, 0.4) is 0 Å². The molecule has 0 aromatic carbocycles. The van der Waals surface area contributed by atoms with Gasteiger partial charge in [0, 0.05) is 18.4 Å². The number of furan rings is 1. The van der Waals surface area contributed by atoms with Gasteiger partial charge in [0.25, 0.3) is 0 Å². The zero-order valence-electron chi connectivity index (χ0n) is 9.06. The molecule has 16 heavy (non-hydrogen) atoms. The first-order chi connectivity index (χ1) is 7.79. The van der Waals surface area contributed by atoms with Gasteiger partial charge in [-0.2, -0.15) is 0 Å². The summed E-state index contributed by atoms with van der Waals surface area (Å²) in [6, 6.07) is 7.65. The fourth-order valence-corrected chi connectivity index (χ4v) is 1.73. The van der Waals surface area contributed by atoms with E-state index < -0.39 is 0 Å². The largest absolute Gasteiger partial charge is 0.467 e. The van der Waals surface area contributed by atoms with E-state index in [9.17, 15) is 0 Å². The quantitative estimate of drug-likeness (QED) is 0.763. The van der Waals surface area contributed by atoms with Gasteiger partial charge in [-0.25, -0.2) is 4.98 Å². The molecule has 0 aliphatic rings. The van der Waals surface area contributed by atoms with Crippen molar-refractivity contribution in [1.29, 1.82) is 0 Å². The van der Waals surface area contributed by atoms with Crippen LogP contribution in [0.1, 0.15) is 12.7 Å². The van der Waals surface area contributed by atoms with Crippen molar-refractivity contribution < 1.29 is 4.42 Å². The van der Waals surface area contributed by atoms with Crippen LogP contribution in [0.15, 0.2) is 41.1 Å². The van der Waals surface area contributed by atoms with Gasteiger partial charge in [0.15, 0.2) is 0 Å². The van der Waals surface area contributed by atoms with E-state index in [0.717, 1.165) is 24.5 Å². The van der Waals surface area contributed by atoms with E-state index in [4.69, 9.17) is 16.0 Å². The van der Waals surface area contributed by atoms with Gasteiger partial charge in [-0.15, -0.1) is 0 Å². The molecular formula is C12H13ClN2O. The minimum Gasteiger partial charge on any atom is -0.467 e. The van der Waals surface area contributed by atoms with E-state index in [-0.39, 0.29) is 0 Å². The van der Waals surface area contributed by atoms with Crippen LogP contribution in [0, 0.1) is 0 Å². The van der Waals surface area contributed by atoms with Gasteiger partial charge in [0.05, 0.1) is 12.8 Å². The molecule has 0 aliphatic heterocycles. The summed E-state index contributed by atoms with van der Waals surface area (Å²) < 4.78 is 5.33. The van der Waals surface area contributed by atoms with Crippen molar-refractivity contribution in [3.8, 4) is 0 Å². The third-order valence-corrected chi connectivity index (χ3v) is 2.59. The highest BCUT2D eigenvalue weighted by atomic mass is 35.5.